The minimum absolute atomic E-state index is 0.0324. The van der Waals surface area contributed by atoms with Gasteiger partial charge in [-0.2, -0.15) is 0 Å². The number of rotatable bonds is 3. The van der Waals surface area contributed by atoms with Crippen molar-refractivity contribution in [2.75, 3.05) is 27.2 Å². The molecule has 0 amide bonds. The number of likely N-dealkylation sites (tertiary alicyclic amines) is 1. The van der Waals surface area contributed by atoms with Crippen molar-refractivity contribution in [3.8, 4) is 0 Å². The van der Waals surface area contributed by atoms with Crippen molar-refractivity contribution in [2.24, 2.45) is 11.8 Å². The summed E-state index contributed by atoms with van der Waals surface area (Å²) >= 11 is 0. The Hall–Kier alpha value is -0.570. The highest BCUT2D eigenvalue weighted by molar-refractivity contribution is 5.73. The number of methoxy groups -OCH3 is 1. The molecule has 0 N–H and O–H groups in total. The van der Waals surface area contributed by atoms with Crippen molar-refractivity contribution < 1.29 is 9.53 Å². The topological polar surface area (TPSA) is 29.5 Å². The molecule has 2 unspecified atom stereocenters. The van der Waals surface area contributed by atoms with Gasteiger partial charge in [0.1, 0.15) is 0 Å². The normalized spacial score (nSPS) is 28.8. The van der Waals surface area contributed by atoms with E-state index in [0.717, 1.165) is 32.4 Å². The van der Waals surface area contributed by atoms with Gasteiger partial charge in [0.25, 0.3) is 0 Å². The number of carbonyl (C=O) groups is 1. The molecule has 82 valence electrons. The Morgan fingerprint density at radius 1 is 1.57 bits per heavy atom. The summed E-state index contributed by atoms with van der Waals surface area (Å²) in [4.78, 5) is 13.8. The Bertz CT molecular complexity index is 194. The number of piperidine rings is 1. The molecule has 14 heavy (non-hydrogen) atoms. The van der Waals surface area contributed by atoms with E-state index in [1.165, 1.54) is 7.11 Å². The Morgan fingerprint density at radius 3 is 2.86 bits per heavy atom. The first-order valence-corrected chi connectivity index (χ1v) is 5.45. The Morgan fingerprint density at radius 2 is 2.29 bits per heavy atom. The molecule has 0 aromatic rings. The lowest BCUT2D eigenvalue weighted by Gasteiger charge is -2.34. The molecule has 1 aliphatic heterocycles. The molecule has 0 bridgehead atoms. The molecule has 1 heterocycles. The van der Waals surface area contributed by atoms with Crippen LogP contribution in [0.4, 0.5) is 0 Å². The van der Waals surface area contributed by atoms with E-state index in [1.807, 2.05) is 0 Å². The van der Waals surface area contributed by atoms with Crippen molar-refractivity contribution in [2.45, 2.75) is 26.2 Å². The lowest BCUT2D eigenvalue weighted by molar-refractivity contribution is -0.149. The molecule has 3 heteroatoms. The second kappa shape index (κ2) is 5.35. The summed E-state index contributed by atoms with van der Waals surface area (Å²) in [7, 11) is 3.55. The fourth-order valence-corrected chi connectivity index (χ4v) is 2.30. The molecule has 2 atom stereocenters. The van der Waals surface area contributed by atoms with Crippen LogP contribution in [0.1, 0.15) is 26.2 Å². The van der Waals surface area contributed by atoms with Gasteiger partial charge < -0.3 is 9.64 Å². The molecule has 1 fully saturated rings. The Kier molecular flexibility index (Phi) is 4.39. The molecule has 0 aromatic heterocycles. The highest BCUT2D eigenvalue weighted by Crippen LogP contribution is 2.27. The fraction of sp³-hybridized carbons (Fsp3) is 0.909. The van der Waals surface area contributed by atoms with Crippen molar-refractivity contribution in [1.29, 1.82) is 0 Å². The van der Waals surface area contributed by atoms with Gasteiger partial charge in [-0.3, -0.25) is 4.79 Å². The monoisotopic (exact) mass is 199 g/mol. The molecule has 1 saturated heterocycles. The van der Waals surface area contributed by atoms with Gasteiger partial charge in [-0.25, -0.2) is 0 Å². The third kappa shape index (κ3) is 2.71. The first-order chi connectivity index (χ1) is 6.69. The van der Waals surface area contributed by atoms with Gasteiger partial charge in [-0.05, 0) is 32.4 Å². The maximum absolute atomic E-state index is 11.5. The van der Waals surface area contributed by atoms with E-state index in [2.05, 4.69) is 18.9 Å². The van der Waals surface area contributed by atoms with E-state index in [0.29, 0.717) is 5.92 Å². The van der Waals surface area contributed by atoms with E-state index in [4.69, 9.17) is 4.74 Å². The maximum Gasteiger partial charge on any atom is 0.310 e. The molecule has 0 radical (unpaired) electrons. The highest BCUT2D eigenvalue weighted by Gasteiger charge is 2.32. The SMILES string of the molecule is CCCC1CCN(C)CC1C(=O)OC. The zero-order valence-corrected chi connectivity index (χ0v) is 9.45. The van der Waals surface area contributed by atoms with Gasteiger partial charge in [-0.1, -0.05) is 13.3 Å². The van der Waals surface area contributed by atoms with Crippen LogP contribution >= 0.6 is 0 Å². The molecule has 1 aliphatic rings. The third-order valence-electron chi connectivity index (χ3n) is 3.12. The van der Waals surface area contributed by atoms with Crippen molar-refractivity contribution in [1.82, 2.24) is 4.90 Å². The van der Waals surface area contributed by atoms with Crippen LogP contribution in [-0.2, 0) is 9.53 Å². The summed E-state index contributed by atoms with van der Waals surface area (Å²) in [5.41, 5.74) is 0. The first kappa shape index (κ1) is 11.5. The van der Waals surface area contributed by atoms with Gasteiger partial charge in [-0.15, -0.1) is 0 Å². The van der Waals surface area contributed by atoms with Crippen LogP contribution in [0.5, 0.6) is 0 Å². The number of hydrogen-bond acceptors (Lipinski definition) is 3. The number of esters is 1. The summed E-state index contributed by atoms with van der Waals surface area (Å²) < 4.78 is 4.85. The fourth-order valence-electron chi connectivity index (χ4n) is 2.30. The number of ether oxygens (including phenoxy) is 1. The van der Waals surface area contributed by atoms with Crippen LogP contribution < -0.4 is 0 Å². The summed E-state index contributed by atoms with van der Waals surface area (Å²) in [5.74, 6) is 0.595. The molecule has 0 spiro atoms. The summed E-state index contributed by atoms with van der Waals surface area (Å²) in [6.45, 7) is 4.14. The van der Waals surface area contributed by atoms with E-state index in [1.54, 1.807) is 0 Å². The molecule has 0 aliphatic carbocycles. The quantitative estimate of drug-likeness (QED) is 0.646. The van der Waals surface area contributed by atoms with E-state index in [9.17, 15) is 4.79 Å². The number of hydrogen-bond donors (Lipinski definition) is 0. The Labute approximate surface area is 86.4 Å². The van der Waals surface area contributed by atoms with Crippen molar-refractivity contribution >= 4 is 5.97 Å². The minimum atomic E-state index is -0.0324. The van der Waals surface area contributed by atoms with Gasteiger partial charge in [0.2, 0.25) is 0 Å². The van der Waals surface area contributed by atoms with Crippen molar-refractivity contribution in [3.05, 3.63) is 0 Å². The van der Waals surface area contributed by atoms with Gasteiger partial charge >= 0.3 is 5.97 Å². The molecule has 0 saturated carbocycles. The molecule has 1 rings (SSSR count). The zero-order chi connectivity index (χ0) is 10.6. The first-order valence-electron chi connectivity index (χ1n) is 5.45. The smallest absolute Gasteiger partial charge is 0.310 e. The predicted molar refractivity (Wildman–Crippen MR) is 56.0 cm³/mol. The predicted octanol–water partition coefficient (Wildman–Crippen LogP) is 1.53. The van der Waals surface area contributed by atoms with E-state index in [-0.39, 0.29) is 11.9 Å². The van der Waals surface area contributed by atoms with Gasteiger partial charge in [0, 0.05) is 6.54 Å². The second-order valence-corrected chi connectivity index (χ2v) is 4.23. The molecule has 3 nitrogen and oxygen atoms in total. The molecule has 0 aromatic carbocycles. The standard InChI is InChI=1S/C11H21NO2/c1-4-5-9-6-7-12(2)8-10(9)11(13)14-3/h9-10H,4-8H2,1-3H3. The average Bonchev–Trinajstić information content (AvgIpc) is 2.20. The summed E-state index contributed by atoms with van der Waals surface area (Å²) in [5, 5.41) is 0. The van der Waals surface area contributed by atoms with Crippen molar-refractivity contribution in [3.63, 3.8) is 0 Å². The van der Waals surface area contributed by atoms with Crippen LogP contribution in [0.25, 0.3) is 0 Å². The van der Waals surface area contributed by atoms with Crippen LogP contribution in [0.15, 0.2) is 0 Å². The van der Waals surface area contributed by atoms with Gasteiger partial charge in [0.15, 0.2) is 0 Å². The lowest BCUT2D eigenvalue weighted by Crippen LogP contribution is -2.42. The maximum atomic E-state index is 11.5. The molecular formula is C11H21NO2. The van der Waals surface area contributed by atoms with Gasteiger partial charge in [0.05, 0.1) is 13.0 Å². The van der Waals surface area contributed by atoms with E-state index >= 15 is 0 Å². The van der Waals surface area contributed by atoms with Crippen LogP contribution in [0.2, 0.25) is 0 Å². The summed E-state index contributed by atoms with van der Waals surface area (Å²) in [6, 6.07) is 0. The van der Waals surface area contributed by atoms with Crippen LogP contribution in [0, 0.1) is 11.8 Å². The Balaban J connectivity index is 2.58. The second-order valence-electron chi connectivity index (χ2n) is 4.23. The molecular weight excluding hydrogens is 178 g/mol. The van der Waals surface area contributed by atoms with Crippen LogP contribution in [-0.4, -0.2) is 38.1 Å². The largest absolute Gasteiger partial charge is 0.469 e. The minimum Gasteiger partial charge on any atom is -0.469 e. The lowest BCUT2D eigenvalue weighted by atomic mass is 9.82. The number of nitrogens with zero attached hydrogens (tertiary/aromatic N) is 1. The zero-order valence-electron chi connectivity index (χ0n) is 9.45. The summed E-state index contributed by atoms with van der Waals surface area (Å²) in [6.07, 6.45) is 3.43. The highest BCUT2D eigenvalue weighted by atomic mass is 16.5. The van der Waals surface area contributed by atoms with Crippen LogP contribution in [0.3, 0.4) is 0 Å². The average molecular weight is 199 g/mol. The number of carbonyl (C=O) groups excluding carboxylic acids is 1. The van der Waals surface area contributed by atoms with E-state index < -0.39 is 0 Å². The third-order valence-corrected chi connectivity index (χ3v) is 3.12.